The molecular formula is C24H22N4O4S. The summed E-state index contributed by atoms with van der Waals surface area (Å²) in [5, 5.41) is 9.71. The van der Waals surface area contributed by atoms with Crippen LogP contribution in [0, 0.1) is 11.3 Å². The van der Waals surface area contributed by atoms with Gasteiger partial charge in [-0.15, -0.1) is 11.8 Å². The van der Waals surface area contributed by atoms with Crippen LogP contribution in [0.15, 0.2) is 59.9 Å². The first-order chi connectivity index (χ1) is 16.1. The van der Waals surface area contributed by atoms with Crippen molar-refractivity contribution >= 4 is 28.4 Å². The van der Waals surface area contributed by atoms with E-state index in [1.807, 2.05) is 30.3 Å². The summed E-state index contributed by atoms with van der Waals surface area (Å²) >= 11 is 1.30. The molecule has 0 saturated heterocycles. The number of carbonyl (C=O) groups is 1. The number of methoxy groups -OCH3 is 2. The van der Waals surface area contributed by atoms with E-state index < -0.39 is 0 Å². The van der Waals surface area contributed by atoms with Gasteiger partial charge < -0.3 is 14.2 Å². The van der Waals surface area contributed by atoms with Crippen molar-refractivity contribution < 1.29 is 19.0 Å². The number of hydrogen-bond donors (Lipinski definition) is 0. The first-order valence-corrected chi connectivity index (χ1v) is 11.1. The van der Waals surface area contributed by atoms with E-state index in [-0.39, 0.29) is 30.3 Å². The van der Waals surface area contributed by atoms with Gasteiger partial charge in [-0.05, 0) is 36.1 Å². The van der Waals surface area contributed by atoms with Gasteiger partial charge in [0, 0.05) is 12.4 Å². The van der Waals surface area contributed by atoms with Gasteiger partial charge in [0.2, 0.25) is 0 Å². The van der Waals surface area contributed by atoms with Crippen molar-refractivity contribution in [1.29, 1.82) is 5.26 Å². The Hall–Kier alpha value is -3.90. The minimum atomic E-state index is -0.229. The van der Waals surface area contributed by atoms with Crippen molar-refractivity contribution in [2.24, 2.45) is 4.99 Å². The summed E-state index contributed by atoms with van der Waals surface area (Å²) < 4.78 is 16.6. The Balaban J connectivity index is 1.85. The van der Waals surface area contributed by atoms with Gasteiger partial charge >= 0.3 is 0 Å². The number of ether oxygens (including phenoxy) is 3. The minimum Gasteiger partial charge on any atom is -0.497 e. The molecule has 9 heteroatoms. The lowest BCUT2D eigenvalue weighted by atomic mass is 10.1. The van der Waals surface area contributed by atoms with Crippen LogP contribution in [0.5, 0.6) is 17.2 Å². The van der Waals surface area contributed by atoms with Crippen molar-refractivity contribution in [2.45, 2.75) is 13.0 Å². The molecule has 3 aromatic rings. The first kappa shape index (κ1) is 23.8. The zero-order valence-corrected chi connectivity index (χ0v) is 19.3. The number of benzene rings is 2. The largest absolute Gasteiger partial charge is 0.497 e. The highest BCUT2D eigenvalue weighted by Gasteiger charge is 2.21. The third kappa shape index (κ3) is 6.08. The number of nitriles is 1. The van der Waals surface area contributed by atoms with E-state index >= 15 is 0 Å². The van der Waals surface area contributed by atoms with Crippen LogP contribution >= 0.6 is 11.8 Å². The van der Waals surface area contributed by atoms with E-state index in [4.69, 9.17) is 14.2 Å². The van der Waals surface area contributed by atoms with Gasteiger partial charge in [-0.25, -0.2) is 15.0 Å². The summed E-state index contributed by atoms with van der Waals surface area (Å²) in [5.74, 6) is 1.51. The fourth-order valence-corrected chi connectivity index (χ4v) is 3.40. The van der Waals surface area contributed by atoms with E-state index in [0.29, 0.717) is 22.1 Å². The SMILES string of the molecule is COc1ccc(COc2cccc(OC)c2C(=O)CC(=Nc2nccnc2C#N)SC)cc1. The molecule has 0 aliphatic heterocycles. The molecule has 0 saturated carbocycles. The smallest absolute Gasteiger partial charge is 0.190 e. The summed E-state index contributed by atoms with van der Waals surface area (Å²) in [5.41, 5.74) is 1.35. The van der Waals surface area contributed by atoms with Gasteiger partial charge in [-0.2, -0.15) is 5.26 Å². The normalized spacial score (nSPS) is 10.9. The lowest BCUT2D eigenvalue weighted by Gasteiger charge is -2.14. The fraction of sp³-hybridized carbons (Fsp3) is 0.208. The van der Waals surface area contributed by atoms with E-state index in [0.717, 1.165) is 11.3 Å². The van der Waals surface area contributed by atoms with Crippen LogP contribution in [0.25, 0.3) is 0 Å². The number of rotatable bonds is 9. The third-order valence-electron chi connectivity index (χ3n) is 4.60. The van der Waals surface area contributed by atoms with Crippen LogP contribution in [-0.4, -0.2) is 41.3 Å². The van der Waals surface area contributed by atoms with Crippen molar-refractivity contribution in [3.63, 3.8) is 0 Å². The second-order valence-corrected chi connectivity index (χ2v) is 7.50. The number of Topliss-reactive ketones (excluding diaryl/α,β-unsaturated/α-hetero) is 1. The quantitative estimate of drug-likeness (QED) is 0.258. The summed E-state index contributed by atoms with van der Waals surface area (Å²) in [6.45, 7) is 0.270. The first-order valence-electron chi connectivity index (χ1n) is 9.88. The standard InChI is InChI=1S/C24H22N4O4S/c1-30-17-9-7-16(8-10-17)15-32-21-6-4-5-20(31-2)23(21)19(29)13-22(33-3)28-24-18(14-25)26-11-12-27-24/h4-12H,13,15H2,1-3H3. The maximum atomic E-state index is 13.3. The van der Waals surface area contributed by atoms with Crippen molar-refractivity contribution in [3.05, 3.63) is 71.7 Å². The Labute approximate surface area is 196 Å². The number of aromatic nitrogens is 2. The molecule has 2 aromatic carbocycles. The van der Waals surface area contributed by atoms with E-state index in [2.05, 4.69) is 15.0 Å². The highest BCUT2D eigenvalue weighted by atomic mass is 32.2. The lowest BCUT2D eigenvalue weighted by Crippen LogP contribution is -2.10. The molecule has 0 spiro atoms. The highest BCUT2D eigenvalue weighted by Crippen LogP contribution is 2.31. The molecule has 168 valence electrons. The maximum Gasteiger partial charge on any atom is 0.190 e. The van der Waals surface area contributed by atoms with Gasteiger partial charge in [0.15, 0.2) is 17.3 Å². The average molecular weight is 463 g/mol. The molecular weight excluding hydrogens is 440 g/mol. The Morgan fingerprint density at radius 3 is 2.45 bits per heavy atom. The van der Waals surface area contributed by atoms with Crippen LogP contribution in [0.1, 0.15) is 28.0 Å². The summed E-state index contributed by atoms with van der Waals surface area (Å²) in [6, 6.07) is 14.6. The van der Waals surface area contributed by atoms with Crippen LogP contribution in [0.4, 0.5) is 5.82 Å². The Kier molecular flexibility index (Phi) is 8.38. The minimum absolute atomic E-state index is 0.0120. The molecule has 0 N–H and O–H groups in total. The summed E-state index contributed by atoms with van der Waals surface area (Å²) in [6.07, 6.45) is 4.66. The van der Waals surface area contributed by atoms with Gasteiger partial charge in [-0.1, -0.05) is 18.2 Å². The van der Waals surface area contributed by atoms with Gasteiger partial charge in [0.05, 0.1) is 25.7 Å². The van der Waals surface area contributed by atoms with E-state index in [1.165, 1.54) is 31.3 Å². The molecule has 0 amide bonds. The van der Waals surface area contributed by atoms with Crippen LogP contribution < -0.4 is 14.2 Å². The van der Waals surface area contributed by atoms with Gasteiger partial charge in [0.1, 0.15) is 35.5 Å². The number of hydrogen-bond acceptors (Lipinski definition) is 9. The molecule has 0 aliphatic rings. The number of thioether (sulfide) groups is 1. The molecule has 0 bridgehead atoms. The lowest BCUT2D eigenvalue weighted by molar-refractivity contribution is 0.0993. The number of aliphatic imine (C=N–C) groups is 1. The Bertz CT molecular complexity index is 1190. The Morgan fingerprint density at radius 2 is 1.79 bits per heavy atom. The van der Waals surface area contributed by atoms with Crippen LogP contribution in [0.3, 0.4) is 0 Å². The summed E-state index contributed by atoms with van der Waals surface area (Å²) in [7, 11) is 3.11. The molecule has 0 radical (unpaired) electrons. The number of nitrogens with zero attached hydrogens (tertiary/aromatic N) is 4. The average Bonchev–Trinajstić information content (AvgIpc) is 2.87. The molecule has 8 nitrogen and oxygen atoms in total. The highest BCUT2D eigenvalue weighted by molar-refractivity contribution is 8.13. The monoisotopic (exact) mass is 462 g/mol. The summed E-state index contributed by atoms with van der Waals surface area (Å²) in [4.78, 5) is 25.7. The van der Waals surface area contributed by atoms with Crippen molar-refractivity contribution in [2.75, 3.05) is 20.5 Å². The molecule has 0 atom stereocenters. The molecule has 3 rings (SSSR count). The molecule has 1 aromatic heterocycles. The topological polar surface area (TPSA) is 107 Å². The van der Waals surface area contributed by atoms with Crippen molar-refractivity contribution in [1.82, 2.24) is 9.97 Å². The third-order valence-corrected chi connectivity index (χ3v) is 5.31. The Morgan fingerprint density at radius 1 is 1.06 bits per heavy atom. The maximum absolute atomic E-state index is 13.3. The van der Waals surface area contributed by atoms with E-state index in [1.54, 1.807) is 31.6 Å². The zero-order chi connectivity index (χ0) is 23.6. The van der Waals surface area contributed by atoms with Gasteiger partial charge in [-0.3, -0.25) is 4.79 Å². The second kappa shape index (κ2) is 11.6. The van der Waals surface area contributed by atoms with Gasteiger partial charge in [0.25, 0.3) is 0 Å². The van der Waals surface area contributed by atoms with Crippen LogP contribution in [-0.2, 0) is 6.61 Å². The molecule has 0 unspecified atom stereocenters. The van der Waals surface area contributed by atoms with Crippen LogP contribution in [0.2, 0.25) is 0 Å². The molecule has 0 fully saturated rings. The van der Waals surface area contributed by atoms with E-state index in [9.17, 15) is 10.1 Å². The molecule has 0 aliphatic carbocycles. The molecule has 33 heavy (non-hydrogen) atoms. The molecule has 1 heterocycles. The van der Waals surface area contributed by atoms with Crippen molar-refractivity contribution in [3.8, 4) is 23.3 Å². The predicted molar refractivity (Wildman–Crippen MR) is 127 cm³/mol. The fourth-order valence-electron chi connectivity index (χ4n) is 2.95. The zero-order valence-electron chi connectivity index (χ0n) is 18.4. The number of carbonyl (C=O) groups excluding carboxylic acids is 1. The number of ketones is 1. The predicted octanol–water partition coefficient (Wildman–Crippen LogP) is 4.61. The second-order valence-electron chi connectivity index (χ2n) is 6.62.